The zero-order valence-corrected chi connectivity index (χ0v) is 12.3. The molecule has 0 aliphatic carbocycles. The molecule has 0 radical (unpaired) electrons. The van der Waals surface area contributed by atoms with Gasteiger partial charge in [0.15, 0.2) is 0 Å². The molecule has 1 fully saturated rings. The van der Waals surface area contributed by atoms with Crippen molar-refractivity contribution in [1.29, 1.82) is 0 Å². The third-order valence-electron chi connectivity index (χ3n) is 3.89. The van der Waals surface area contributed by atoms with Crippen molar-refractivity contribution in [2.24, 2.45) is 5.92 Å². The predicted molar refractivity (Wildman–Crippen MR) is 79.8 cm³/mol. The van der Waals surface area contributed by atoms with Gasteiger partial charge in [-0.3, -0.25) is 0 Å². The highest BCUT2D eigenvalue weighted by Crippen LogP contribution is 2.19. The first-order valence-corrected chi connectivity index (χ1v) is 7.15. The lowest BCUT2D eigenvalue weighted by Gasteiger charge is -2.28. The molecule has 1 aliphatic rings. The average molecular weight is 263 g/mol. The van der Waals surface area contributed by atoms with E-state index in [4.69, 9.17) is 0 Å². The van der Waals surface area contributed by atoms with Crippen LogP contribution < -0.4 is 15.1 Å². The van der Waals surface area contributed by atoms with Crippen molar-refractivity contribution in [3.63, 3.8) is 0 Å². The van der Waals surface area contributed by atoms with Crippen LogP contribution in [0.2, 0.25) is 0 Å². The quantitative estimate of drug-likeness (QED) is 0.869. The Morgan fingerprint density at radius 1 is 1.16 bits per heavy atom. The third-order valence-corrected chi connectivity index (χ3v) is 3.89. The Bertz CT molecular complexity index is 389. The Kier molecular flexibility index (Phi) is 4.96. The summed E-state index contributed by atoms with van der Waals surface area (Å²) in [5.41, 5.74) is 0. The number of hydrogen-bond acceptors (Lipinski definition) is 5. The molecule has 1 aliphatic heterocycles. The summed E-state index contributed by atoms with van der Waals surface area (Å²) < 4.78 is 0. The Morgan fingerprint density at radius 3 is 2.42 bits per heavy atom. The predicted octanol–water partition coefficient (Wildman–Crippen LogP) is 1.37. The van der Waals surface area contributed by atoms with Crippen LogP contribution in [0.25, 0.3) is 0 Å². The third kappa shape index (κ3) is 3.80. The molecule has 1 N–H and O–H groups in total. The van der Waals surface area contributed by atoms with Gasteiger partial charge in [0.05, 0.1) is 0 Å². The highest BCUT2D eigenvalue weighted by Gasteiger charge is 2.16. The van der Waals surface area contributed by atoms with E-state index in [1.807, 2.05) is 0 Å². The molecule has 5 nitrogen and oxygen atoms in total. The smallest absolute Gasteiger partial charge is 0.133 e. The van der Waals surface area contributed by atoms with Gasteiger partial charge in [-0.25, -0.2) is 9.97 Å². The van der Waals surface area contributed by atoms with Gasteiger partial charge in [-0.05, 0) is 38.8 Å². The molecule has 2 rings (SSSR count). The van der Waals surface area contributed by atoms with Gasteiger partial charge < -0.3 is 15.1 Å². The summed E-state index contributed by atoms with van der Waals surface area (Å²) in [6.45, 7) is 6.45. The van der Waals surface area contributed by atoms with E-state index in [1.54, 1.807) is 6.33 Å². The minimum atomic E-state index is 0.772. The van der Waals surface area contributed by atoms with Crippen LogP contribution in [0.4, 0.5) is 11.6 Å². The van der Waals surface area contributed by atoms with E-state index in [0.717, 1.165) is 43.7 Å². The molecule has 1 aromatic heterocycles. The Morgan fingerprint density at radius 2 is 1.79 bits per heavy atom. The van der Waals surface area contributed by atoms with E-state index in [2.05, 4.69) is 52.2 Å². The molecule has 0 spiro atoms. The van der Waals surface area contributed by atoms with Gasteiger partial charge in [0.1, 0.15) is 18.0 Å². The highest BCUT2D eigenvalue weighted by atomic mass is 15.2. The number of anilines is 2. The summed E-state index contributed by atoms with van der Waals surface area (Å²) in [6, 6.07) is 2.07. The van der Waals surface area contributed by atoms with E-state index in [0.29, 0.717) is 0 Å². The topological polar surface area (TPSA) is 44.3 Å². The zero-order chi connectivity index (χ0) is 13.7. The van der Waals surface area contributed by atoms with E-state index in [1.165, 1.54) is 12.8 Å². The fourth-order valence-electron chi connectivity index (χ4n) is 2.46. The molecule has 0 unspecified atom stereocenters. The molecule has 0 aromatic carbocycles. The molecule has 106 valence electrons. The van der Waals surface area contributed by atoms with E-state index >= 15 is 0 Å². The fourth-order valence-corrected chi connectivity index (χ4v) is 2.46. The molecule has 0 saturated carbocycles. The van der Waals surface area contributed by atoms with Crippen LogP contribution in [-0.2, 0) is 0 Å². The fraction of sp³-hybridized carbons (Fsp3) is 0.714. The van der Waals surface area contributed by atoms with Crippen molar-refractivity contribution in [2.75, 3.05) is 50.1 Å². The first-order chi connectivity index (χ1) is 9.20. The molecule has 19 heavy (non-hydrogen) atoms. The second kappa shape index (κ2) is 6.70. The summed E-state index contributed by atoms with van der Waals surface area (Å²) >= 11 is 0. The van der Waals surface area contributed by atoms with Gasteiger partial charge >= 0.3 is 0 Å². The average Bonchev–Trinajstić information content (AvgIpc) is 2.47. The first kappa shape index (κ1) is 14.1. The normalized spacial score (nSPS) is 16.4. The Hall–Kier alpha value is -1.36. The number of nitrogens with zero attached hydrogens (tertiary/aromatic N) is 4. The maximum Gasteiger partial charge on any atom is 0.133 e. The van der Waals surface area contributed by atoms with Gasteiger partial charge in [0.25, 0.3) is 0 Å². The van der Waals surface area contributed by atoms with Crippen molar-refractivity contribution < 1.29 is 0 Å². The van der Waals surface area contributed by atoms with Gasteiger partial charge in [-0.15, -0.1) is 0 Å². The largest absolute Gasteiger partial charge is 0.360 e. The molecule has 0 amide bonds. The van der Waals surface area contributed by atoms with Gasteiger partial charge in [-0.1, -0.05) is 0 Å². The van der Waals surface area contributed by atoms with Crippen molar-refractivity contribution >= 4 is 11.6 Å². The lowest BCUT2D eigenvalue weighted by atomic mass is 9.98. The summed E-state index contributed by atoms with van der Waals surface area (Å²) in [6.07, 6.45) is 4.18. The molecule has 2 heterocycles. The maximum absolute atomic E-state index is 4.39. The number of aromatic nitrogens is 2. The van der Waals surface area contributed by atoms with Gasteiger partial charge in [-0.2, -0.15) is 0 Å². The van der Waals surface area contributed by atoms with Gasteiger partial charge in [0, 0.05) is 33.3 Å². The molecular weight excluding hydrogens is 238 g/mol. The van der Waals surface area contributed by atoms with E-state index in [-0.39, 0.29) is 0 Å². The minimum absolute atomic E-state index is 0.772. The second-order valence-corrected chi connectivity index (χ2v) is 5.32. The highest BCUT2D eigenvalue weighted by molar-refractivity contribution is 5.49. The number of nitrogens with one attached hydrogen (secondary N) is 1. The van der Waals surface area contributed by atoms with Crippen LogP contribution in [0.1, 0.15) is 19.8 Å². The summed E-state index contributed by atoms with van der Waals surface area (Å²) in [4.78, 5) is 13.1. The minimum Gasteiger partial charge on any atom is -0.360 e. The first-order valence-electron chi connectivity index (χ1n) is 7.15. The molecule has 1 saturated heterocycles. The van der Waals surface area contributed by atoms with Crippen LogP contribution in [0, 0.1) is 5.92 Å². The Balaban J connectivity index is 1.99. The molecule has 0 bridgehead atoms. The van der Waals surface area contributed by atoms with Crippen LogP contribution in [0.5, 0.6) is 0 Å². The summed E-state index contributed by atoms with van der Waals surface area (Å²) in [5, 5.41) is 3.41. The van der Waals surface area contributed by atoms with Crippen LogP contribution in [0.3, 0.4) is 0 Å². The molecule has 0 atom stereocenters. The summed E-state index contributed by atoms with van der Waals surface area (Å²) in [7, 11) is 4.18. The SMILES string of the molecule is CCN(C)c1cc(N(C)CC2CCNCC2)ncn1. The maximum atomic E-state index is 4.39. The number of hydrogen-bond donors (Lipinski definition) is 1. The van der Waals surface area contributed by atoms with Crippen molar-refractivity contribution in [1.82, 2.24) is 15.3 Å². The van der Waals surface area contributed by atoms with Crippen LogP contribution in [0.15, 0.2) is 12.4 Å². The van der Waals surface area contributed by atoms with Crippen LogP contribution >= 0.6 is 0 Å². The summed E-state index contributed by atoms with van der Waals surface area (Å²) in [5.74, 6) is 2.78. The standard InChI is InChI=1S/C14H25N5/c1-4-18(2)13-9-14(17-11-16-13)19(3)10-12-5-7-15-8-6-12/h9,11-12,15H,4-8,10H2,1-3H3. The number of rotatable bonds is 5. The van der Waals surface area contributed by atoms with Crippen molar-refractivity contribution in [3.8, 4) is 0 Å². The molecular formula is C14H25N5. The second-order valence-electron chi connectivity index (χ2n) is 5.32. The van der Waals surface area contributed by atoms with Gasteiger partial charge in [0.2, 0.25) is 0 Å². The lowest BCUT2D eigenvalue weighted by Crippen LogP contribution is -2.35. The monoisotopic (exact) mass is 263 g/mol. The van der Waals surface area contributed by atoms with E-state index in [9.17, 15) is 0 Å². The zero-order valence-electron chi connectivity index (χ0n) is 12.3. The van der Waals surface area contributed by atoms with Crippen molar-refractivity contribution in [2.45, 2.75) is 19.8 Å². The Labute approximate surface area is 116 Å². The number of piperidine rings is 1. The van der Waals surface area contributed by atoms with E-state index < -0.39 is 0 Å². The molecule has 1 aromatic rings. The van der Waals surface area contributed by atoms with Crippen LogP contribution in [-0.4, -0.2) is 50.2 Å². The molecule has 5 heteroatoms. The lowest BCUT2D eigenvalue weighted by molar-refractivity contribution is 0.377. The van der Waals surface area contributed by atoms with Crippen molar-refractivity contribution in [3.05, 3.63) is 12.4 Å².